The van der Waals surface area contributed by atoms with Crippen molar-refractivity contribution in [3.05, 3.63) is 95.3 Å². The van der Waals surface area contributed by atoms with E-state index in [0.29, 0.717) is 17.0 Å². The molecule has 0 radical (unpaired) electrons. The SMILES string of the molecule is Cc1cc(C)c2nc(-c3ccc(F)cc3)cc(C(=O)Oc3ccccc3)c2c1. The maximum absolute atomic E-state index is 13.3. The lowest BCUT2D eigenvalue weighted by atomic mass is 10.00. The average molecular weight is 371 g/mol. The van der Waals surface area contributed by atoms with Gasteiger partial charge in [0.15, 0.2) is 0 Å². The summed E-state index contributed by atoms with van der Waals surface area (Å²) in [4.78, 5) is 17.7. The number of carbonyl (C=O) groups is 1. The molecule has 0 saturated carbocycles. The molecule has 0 saturated heterocycles. The maximum Gasteiger partial charge on any atom is 0.344 e. The molecule has 0 amide bonds. The summed E-state index contributed by atoms with van der Waals surface area (Å²) in [7, 11) is 0. The van der Waals surface area contributed by atoms with E-state index < -0.39 is 5.97 Å². The van der Waals surface area contributed by atoms with Crippen LogP contribution in [0.1, 0.15) is 21.5 Å². The van der Waals surface area contributed by atoms with Gasteiger partial charge in [0.05, 0.1) is 16.8 Å². The highest BCUT2D eigenvalue weighted by atomic mass is 19.1. The highest BCUT2D eigenvalue weighted by Crippen LogP contribution is 2.29. The number of aromatic nitrogens is 1. The molecular weight excluding hydrogens is 353 g/mol. The Morgan fingerprint density at radius 1 is 0.929 bits per heavy atom. The van der Waals surface area contributed by atoms with Crippen LogP contribution in [0.3, 0.4) is 0 Å². The molecule has 0 bridgehead atoms. The third-order valence-electron chi connectivity index (χ3n) is 4.56. The van der Waals surface area contributed by atoms with Crippen molar-refractivity contribution in [1.82, 2.24) is 4.98 Å². The number of hydrogen-bond acceptors (Lipinski definition) is 3. The van der Waals surface area contributed by atoms with Crippen molar-refractivity contribution in [3.8, 4) is 17.0 Å². The van der Waals surface area contributed by atoms with E-state index in [4.69, 9.17) is 9.72 Å². The number of benzene rings is 3. The number of carbonyl (C=O) groups excluding carboxylic acids is 1. The molecule has 4 rings (SSSR count). The predicted octanol–water partition coefficient (Wildman–Crippen LogP) is 5.88. The van der Waals surface area contributed by atoms with Crippen LogP contribution in [0.5, 0.6) is 5.75 Å². The summed E-state index contributed by atoms with van der Waals surface area (Å²) in [6.07, 6.45) is 0. The van der Waals surface area contributed by atoms with Crippen LogP contribution in [-0.4, -0.2) is 11.0 Å². The summed E-state index contributed by atoms with van der Waals surface area (Å²) in [6, 6.07) is 20.7. The molecule has 3 nitrogen and oxygen atoms in total. The van der Waals surface area contributed by atoms with Crippen LogP contribution in [0.15, 0.2) is 72.8 Å². The predicted molar refractivity (Wildman–Crippen MR) is 108 cm³/mol. The Kier molecular flexibility index (Phi) is 4.62. The van der Waals surface area contributed by atoms with Gasteiger partial charge in [0.2, 0.25) is 0 Å². The molecule has 0 aliphatic carbocycles. The molecular formula is C24H18FNO2. The Balaban J connectivity index is 1.89. The van der Waals surface area contributed by atoms with Gasteiger partial charge in [-0.1, -0.05) is 29.8 Å². The molecule has 1 heterocycles. The first-order valence-corrected chi connectivity index (χ1v) is 8.96. The van der Waals surface area contributed by atoms with Crippen molar-refractivity contribution in [2.45, 2.75) is 13.8 Å². The Bertz CT molecular complexity index is 1170. The summed E-state index contributed by atoms with van der Waals surface area (Å²) < 4.78 is 18.9. The average Bonchev–Trinajstić information content (AvgIpc) is 2.68. The van der Waals surface area contributed by atoms with Crippen molar-refractivity contribution >= 4 is 16.9 Å². The zero-order valence-corrected chi connectivity index (χ0v) is 15.6. The fourth-order valence-electron chi connectivity index (χ4n) is 3.27. The topological polar surface area (TPSA) is 39.2 Å². The second-order valence-corrected chi connectivity index (χ2v) is 6.74. The fourth-order valence-corrected chi connectivity index (χ4v) is 3.27. The number of ether oxygens (including phenoxy) is 1. The van der Waals surface area contributed by atoms with E-state index in [2.05, 4.69) is 0 Å². The number of esters is 1. The van der Waals surface area contributed by atoms with Gasteiger partial charge in [-0.3, -0.25) is 0 Å². The fraction of sp³-hybridized carbons (Fsp3) is 0.0833. The number of fused-ring (bicyclic) bond motifs is 1. The van der Waals surface area contributed by atoms with Gasteiger partial charge in [0.25, 0.3) is 0 Å². The van der Waals surface area contributed by atoms with Gasteiger partial charge in [-0.2, -0.15) is 0 Å². The summed E-state index contributed by atoms with van der Waals surface area (Å²) in [5.74, 6) is -0.294. The van der Waals surface area contributed by atoms with E-state index in [9.17, 15) is 9.18 Å². The molecule has 4 heteroatoms. The summed E-state index contributed by atoms with van der Waals surface area (Å²) in [6.45, 7) is 3.94. The van der Waals surface area contributed by atoms with Gasteiger partial charge >= 0.3 is 5.97 Å². The molecule has 0 fully saturated rings. The number of rotatable bonds is 3. The summed E-state index contributed by atoms with van der Waals surface area (Å²) in [5, 5.41) is 0.740. The molecule has 3 aromatic carbocycles. The lowest BCUT2D eigenvalue weighted by molar-refractivity contribution is 0.0737. The van der Waals surface area contributed by atoms with Gasteiger partial charge in [-0.05, 0) is 67.9 Å². The molecule has 0 atom stereocenters. The Morgan fingerprint density at radius 3 is 2.36 bits per heavy atom. The molecule has 0 unspecified atom stereocenters. The molecule has 0 spiro atoms. The second kappa shape index (κ2) is 7.24. The maximum atomic E-state index is 13.3. The van der Waals surface area contributed by atoms with Gasteiger partial charge in [-0.25, -0.2) is 14.2 Å². The minimum Gasteiger partial charge on any atom is -0.423 e. The highest BCUT2D eigenvalue weighted by Gasteiger charge is 2.17. The van der Waals surface area contributed by atoms with Gasteiger partial charge in [0, 0.05) is 10.9 Å². The normalized spacial score (nSPS) is 10.8. The zero-order chi connectivity index (χ0) is 19.7. The number of pyridine rings is 1. The van der Waals surface area contributed by atoms with E-state index in [1.54, 1.807) is 30.3 Å². The minimum absolute atomic E-state index is 0.319. The lowest BCUT2D eigenvalue weighted by Crippen LogP contribution is -2.10. The molecule has 138 valence electrons. The third kappa shape index (κ3) is 3.49. The van der Waals surface area contributed by atoms with Crippen molar-refractivity contribution in [2.75, 3.05) is 0 Å². The van der Waals surface area contributed by atoms with E-state index in [-0.39, 0.29) is 5.82 Å². The second-order valence-electron chi connectivity index (χ2n) is 6.74. The van der Waals surface area contributed by atoms with Crippen LogP contribution in [0.4, 0.5) is 4.39 Å². The van der Waals surface area contributed by atoms with E-state index >= 15 is 0 Å². The number of hydrogen-bond donors (Lipinski definition) is 0. The molecule has 1 aromatic heterocycles. The van der Waals surface area contributed by atoms with Crippen LogP contribution in [0.25, 0.3) is 22.2 Å². The zero-order valence-electron chi connectivity index (χ0n) is 15.6. The van der Waals surface area contributed by atoms with Crippen LogP contribution >= 0.6 is 0 Å². The van der Waals surface area contributed by atoms with E-state index in [1.807, 2.05) is 44.2 Å². The quantitative estimate of drug-likeness (QED) is 0.334. The van der Waals surface area contributed by atoms with Crippen molar-refractivity contribution in [2.24, 2.45) is 0 Å². The first-order chi connectivity index (χ1) is 13.5. The summed E-state index contributed by atoms with van der Waals surface area (Å²) in [5.41, 5.74) is 4.49. The molecule has 0 N–H and O–H groups in total. The van der Waals surface area contributed by atoms with Crippen LogP contribution < -0.4 is 4.74 Å². The highest BCUT2D eigenvalue weighted by molar-refractivity contribution is 6.06. The third-order valence-corrected chi connectivity index (χ3v) is 4.56. The number of nitrogens with zero attached hydrogens (tertiary/aromatic N) is 1. The smallest absolute Gasteiger partial charge is 0.344 e. The largest absolute Gasteiger partial charge is 0.423 e. The first-order valence-electron chi connectivity index (χ1n) is 8.96. The molecule has 28 heavy (non-hydrogen) atoms. The Morgan fingerprint density at radius 2 is 1.64 bits per heavy atom. The van der Waals surface area contributed by atoms with Crippen LogP contribution in [0.2, 0.25) is 0 Å². The first kappa shape index (κ1) is 17.9. The molecule has 0 aliphatic rings. The molecule has 4 aromatic rings. The number of para-hydroxylation sites is 1. The summed E-state index contributed by atoms with van der Waals surface area (Å²) >= 11 is 0. The van der Waals surface area contributed by atoms with Gasteiger partial charge in [-0.15, -0.1) is 0 Å². The van der Waals surface area contributed by atoms with Gasteiger partial charge < -0.3 is 4.74 Å². The van der Waals surface area contributed by atoms with Crippen molar-refractivity contribution < 1.29 is 13.9 Å². The lowest BCUT2D eigenvalue weighted by Gasteiger charge is -2.12. The van der Waals surface area contributed by atoms with Crippen LogP contribution in [-0.2, 0) is 0 Å². The monoisotopic (exact) mass is 371 g/mol. The number of aryl methyl sites for hydroxylation is 2. The van der Waals surface area contributed by atoms with E-state index in [0.717, 1.165) is 27.6 Å². The van der Waals surface area contributed by atoms with Gasteiger partial charge in [0.1, 0.15) is 11.6 Å². The van der Waals surface area contributed by atoms with Crippen LogP contribution in [0, 0.1) is 19.7 Å². The number of halogens is 1. The standard InChI is InChI=1S/C24H18FNO2/c1-15-12-16(2)23-20(13-15)21(24(27)28-19-6-4-3-5-7-19)14-22(26-23)17-8-10-18(25)11-9-17/h3-14H,1-2H3. The van der Waals surface area contributed by atoms with Crippen molar-refractivity contribution in [1.29, 1.82) is 0 Å². The minimum atomic E-state index is -0.452. The Hall–Kier alpha value is -3.53. The Labute approximate surface area is 162 Å². The van der Waals surface area contributed by atoms with Crippen molar-refractivity contribution in [3.63, 3.8) is 0 Å². The van der Waals surface area contributed by atoms with E-state index in [1.165, 1.54) is 12.1 Å². The molecule has 0 aliphatic heterocycles.